The van der Waals surface area contributed by atoms with Crippen LogP contribution in [0.25, 0.3) is 0 Å². The zero-order valence-electron chi connectivity index (χ0n) is 22.8. The fraction of sp³-hybridized carbons (Fsp3) is 0.786. The monoisotopic (exact) mass is 474 g/mol. The van der Waals surface area contributed by atoms with Crippen molar-refractivity contribution in [3.05, 3.63) is 12.2 Å². The molecule has 34 heavy (non-hydrogen) atoms. The van der Waals surface area contributed by atoms with Crippen LogP contribution in [0.5, 0.6) is 0 Å². The molecule has 0 aromatic heterocycles. The van der Waals surface area contributed by atoms with Gasteiger partial charge in [-0.1, -0.05) is 53.7 Å². The second-order valence-corrected chi connectivity index (χ2v) is 11.6. The lowest BCUT2D eigenvalue weighted by Crippen LogP contribution is -2.32. The number of unbranched alkanes of at least 4 members (excludes halogenated alkanes) is 2. The molecule has 0 radical (unpaired) electrons. The summed E-state index contributed by atoms with van der Waals surface area (Å²) in [7, 11) is 0. The van der Waals surface area contributed by atoms with Gasteiger partial charge < -0.3 is 9.47 Å². The summed E-state index contributed by atoms with van der Waals surface area (Å²) in [4.78, 5) is 23.9. The molecule has 0 bridgehead atoms. The van der Waals surface area contributed by atoms with Crippen LogP contribution in [0.1, 0.15) is 107 Å². The molecule has 0 aromatic rings. The molecule has 0 fully saturated rings. The minimum Gasteiger partial charge on any atom is -0.466 e. The molecule has 0 aromatic carbocycles. The van der Waals surface area contributed by atoms with E-state index in [4.69, 9.17) is 9.47 Å². The minimum absolute atomic E-state index is 0.198. The van der Waals surface area contributed by atoms with Crippen LogP contribution in [-0.4, -0.2) is 25.2 Å². The maximum atomic E-state index is 12.0. The summed E-state index contributed by atoms with van der Waals surface area (Å²) in [6.07, 6.45) is 8.69. The number of hydrogen-bond donors (Lipinski definition) is 0. The van der Waals surface area contributed by atoms with Gasteiger partial charge in [0.25, 0.3) is 0 Å². The van der Waals surface area contributed by atoms with E-state index in [0.717, 1.165) is 25.7 Å². The van der Waals surface area contributed by atoms with Gasteiger partial charge in [-0.2, -0.15) is 10.5 Å². The van der Waals surface area contributed by atoms with Gasteiger partial charge in [-0.05, 0) is 63.2 Å². The Bertz CT molecular complexity index is 697. The molecule has 0 saturated carbocycles. The average molecular weight is 475 g/mol. The van der Waals surface area contributed by atoms with E-state index in [1.165, 1.54) is 0 Å². The molecule has 0 spiro atoms. The standard InChI is InChI=1S/C28H46N2O4/c1-25(2,3)27(7,21-29)17-15-23(31)33-19-13-11-9-10-12-14-20-34-24(32)16-18-28(8,22-30)26(4,5)6/h9-10H,11-20H2,1-8H3/b10-9-. The number of rotatable bonds is 14. The van der Waals surface area contributed by atoms with E-state index < -0.39 is 10.8 Å². The highest BCUT2D eigenvalue weighted by molar-refractivity contribution is 5.69. The van der Waals surface area contributed by atoms with Crippen LogP contribution in [-0.2, 0) is 19.1 Å². The normalized spacial score (nSPS) is 15.6. The second-order valence-electron chi connectivity index (χ2n) is 11.6. The minimum atomic E-state index is -0.563. The lowest BCUT2D eigenvalue weighted by molar-refractivity contribution is -0.145. The summed E-state index contributed by atoms with van der Waals surface area (Å²) >= 11 is 0. The van der Waals surface area contributed by atoms with E-state index >= 15 is 0 Å². The molecule has 0 rings (SSSR count). The summed E-state index contributed by atoms with van der Waals surface area (Å²) < 4.78 is 10.6. The Labute approximate surface area is 207 Å². The van der Waals surface area contributed by atoms with E-state index in [1.807, 2.05) is 67.5 Å². The Balaban J connectivity index is 3.92. The zero-order chi connectivity index (χ0) is 26.5. The fourth-order valence-corrected chi connectivity index (χ4v) is 3.06. The van der Waals surface area contributed by atoms with Crippen LogP contribution in [0.3, 0.4) is 0 Å². The van der Waals surface area contributed by atoms with Gasteiger partial charge in [-0.15, -0.1) is 0 Å². The van der Waals surface area contributed by atoms with Gasteiger partial charge in [-0.3, -0.25) is 9.59 Å². The van der Waals surface area contributed by atoms with Gasteiger partial charge in [0.05, 0.1) is 36.2 Å². The molecule has 0 aliphatic heterocycles. The van der Waals surface area contributed by atoms with Crippen molar-refractivity contribution in [2.24, 2.45) is 21.7 Å². The molecule has 0 aliphatic rings. The topological polar surface area (TPSA) is 100 Å². The number of esters is 2. The molecular weight excluding hydrogens is 428 g/mol. The van der Waals surface area contributed by atoms with Crippen LogP contribution in [0, 0.1) is 44.3 Å². The molecule has 192 valence electrons. The second kappa shape index (κ2) is 14.1. The van der Waals surface area contributed by atoms with Gasteiger partial charge in [0.15, 0.2) is 0 Å². The van der Waals surface area contributed by atoms with E-state index in [-0.39, 0.29) is 35.6 Å². The van der Waals surface area contributed by atoms with Gasteiger partial charge in [0.1, 0.15) is 0 Å². The Morgan fingerprint density at radius 1 is 0.676 bits per heavy atom. The van der Waals surface area contributed by atoms with Crippen molar-refractivity contribution >= 4 is 11.9 Å². The van der Waals surface area contributed by atoms with Gasteiger partial charge >= 0.3 is 11.9 Å². The average Bonchev–Trinajstić information content (AvgIpc) is 2.75. The molecular formula is C28H46N2O4. The van der Waals surface area contributed by atoms with Crippen LogP contribution in [0.15, 0.2) is 12.2 Å². The molecule has 2 atom stereocenters. The summed E-state index contributed by atoms with van der Waals surface area (Å²) in [5, 5.41) is 18.9. The number of nitrogens with zero attached hydrogens (tertiary/aromatic N) is 2. The highest BCUT2D eigenvalue weighted by Crippen LogP contribution is 2.42. The largest absolute Gasteiger partial charge is 0.466 e. The fourth-order valence-electron chi connectivity index (χ4n) is 3.06. The zero-order valence-corrected chi connectivity index (χ0v) is 22.8. The molecule has 0 aliphatic carbocycles. The van der Waals surface area contributed by atoms with E-state index in [0.29, 0.717) is 26.1 Å². The first-order valence-electron chi connectivity index (χ1n) is 12.4. The molecule has 0 N–H and O–H groups in total. The van der Waals surface area contributed by atoms with Crippen LogP contribution >= 0.6 is 0 Å². The van der Waals surface area contributed by atoms with Crippen molar-refractivity contribution in [3.8, 4) is 12.1 Å². The summed E-state index contributed by atoms with van der Waals surface area (Å²) in [6.45, 7) is 16.6. The van der Waals surface area contributed by atoms with Gasteiger partial charge in [-0.25, -0.2) is 0 Å². The molecule has 0 heterocycles. The number of allylic oxidation sites excluding steroid dienone is 2. The molecule has 0 saturated heterocycles. The third-order valence-electron chi connectivity index (χ3n) is 7.19. The van der Waals surface area contributed by atoms with Crippen molar-refractivity contribution in [2.75, 3.05) is 13.2 Å². The lowest BCUT2D eigenvalue weighted by Gasteiger charge is -2.35. The van der Waals surface area contributed by atoms with Crippen molar-refractivity contribution in [1.82, 2.24) is 0 Å². The van der Waals surface area contributed by atoms with Crippen LogP contribution in [0.2, 0.25) is 0 Å². The number of hydrogen-bond acceptors (Lipinski definition) is 6. The highest BCUT2D eigenvalue weighted by atomic mass is 16.5. The van der Waals surface area contributed by atoms with Crippen molar-refractivity contribution in [3.63, 3.8) is 0 Å². The third-order valence-corrected chi connectivity index (χ3v) is 7.19. The highest BCUT2D eigenvalue weighted by Gasteiger charge is 2.38. The predicted octanol–water partition coefficient (Wildman–Crippen LogP) is 6.90. The smallest absolute Gasteiger partial charge is 0.305 e. The number of carbonyl (C=O) groups excluding carboxylic acids is 2. The van der Waals surface area contributed by atoms with E-state index in [2.05, 4.69) is 12.1 Å². The lowest BCUT2D eigenvalue weighted by atomic mass is 9.66. The predicted molar refractivity (Wildman–Crippen MR) is 134 cm³/mol. The van der Waals surface area contributed by atoms with Gasteiger partial charge in [0, 0.05) is 12.8 Å². The SMILES string of the molecule is CC(C)(C)C(C)(C#N)CCC(=O)OCCC/C=C\CCCOC(=O)CCC(C)(C#N)C(C)(C)C. The first kappa shape index (κ1) is 31.7. The van der Waals surface area contributed by atoms with E-state index in [9.17, 15) is 20.1 Å². The van der Waals surface area contributed by atoms with Crippen LogP contribution in [0.4, 0.5) is 0 Å². The summed E-state index contributed by atoms with van der Waals surface area (Å²) in [5.74, 6) is -0.511. The maximum absolute atomic E-state index is 12.0. The summed E-state index contributed by atoms with van der Waals surface area (Å²) in [5.41, 5.74) is -1.52. The van der Waals surface area contributed by atoms with Crippen molar-refractivity contribution in [1.29, 1.82) is 10.5 Å². The maximum Gasteiger partial charge on any atom is 0.305 e. The Morgan fingerprint density at radius 3 is 1.26 bits per heavy atom. The Kier molecular flexibility index (Phi) is 13.2. The molecule has 6 heteroatoms. The van der Waals surface area contributed by atoms with Gasteiger partial charge in [0.2, 0.25) is 0 Å². The Morgan fingerprint density at radius 2 is 1.00 bits per heavy atom. The number of ether oxygens (including phenoxy) is 2. The molecule has 6 nitrogen and oxygen atoms in total. The molecule has 0 amide bonds. The first-order chi connectivity index (χ1) is 15.6. The van der Waals surface area contributed by atoms with E-state index in [1.54, 1.807) is 0 Å². The number of nitriles is 2. The van der Waals surface area contributed by atoms with Crippen LogP contribution < -0.4 is 0 Å². The number of carbonyl (C=O) groups is 2. The van der Waals surface area contributed by atoms with Crippen molar-refractivity contribution in [2.45, 2.75) is 107 Å². The first-order valence-corrected chi connectivity index (χ1v) is 12.4. The summed E-state index contributed by atoms with van der Waals surface area (Å²) in [6, 6.07) is 4.70. The third kappa shape index (κ3) is 11.2. The van der Waals surface area contributed by atoms with Crippen molar-refractivity contribution < 1.29 is 19.1 Å². The quantitative estimate of drug-likeness (QED) is 0.154. The Hall–Kier alpha value is -2.34. The molecule has 2 unspecified atom stereocenters.